The van der Waals surface area contributed by atoms with Gasteiger partial charge in [0.1, 0.15) is 6.07 Å². The zero-order valence-electron chi connectivity index (χ0n) is 13.9. The van der Waals surface area contributed by atoms with Crippen molar-refractivity contribution in [3.8, 4) is 6.07 Å². The summed E-state index contributed by atoms with van der Waals surface area (Å²) in [4.78, 5) is 27.4. The first-order valence-electron chi connectivity index (χ1n) is 7.64. The molecule has 0 aliphatic carbocycles. The Bertz CT molecular complexity index is 872. The van der Waals surface area contributed by atoms with Crippen molar-refractivity contribution in [2.24, 2.45) is 0 Å². The standard InChI is InChI=1S/C18H16N4O4/c1-2-26-18(25)14(10-19)16(22-21-12-6-4-3-5-7-12)13-8-9-20-11-15(13)17(23)24/h3-9,11,21-22H,2H2,1H3,(H,23,24). The second-order valence-electron chi connectivity index (χ2n) is 4.92. The molecule has 2 rings (SSSR count). The number of aromatic carboxylic acids is 1. The van der Waals surface area contributed by atoms with Gasteiger partial charge in [0.2, 0.25) is 0 Å². The second kappa shape index (κ2) is 8.84. The molecule has 0 fully saturated rings. The van der Waals surface area contributed by atoms with Gasteiger partial charge in [-0.25, -0.2) is 9.59 Å². The molecule has 0 atom stereocenters. The van der Waals surface area contributed by atoms with Gasteiger partial charge in [-0.15, -0.1) is 0 Å². The molecule has 8 nitrogen and oxygen atoms in total. The number of hydrazine groups is 1. The monoisotopic (exact) mass is 352 g/mol. The van der Waals surface area contributed by atoms with E-state index in [1.165, 1.54) is 12.3 Å². The predicted octanol–water partition coefficient (Wildman–Crippen LogP) is 2.19. The highest BCUT2D eigenvalue weighted by molar-refractivity contribution is 6.04. The maximum absolute atomic E-state index is 12.1. The van der Waals surface area contributed by atoms with Gasteiger partial charge in [0, 0.05) is 18.0 Å². The number of esters is 1. The van der Waals surface area contributed by atoms with Gasteiger partial charge in [-0.3, -0.25) is 10.4 Å². The SMILES string of the molecule is CCOC(=O)C(C#N)=C(NNc1ccccc1)c1ccncc1C(=O)O. The zero-order valence-corrected chi connectivity index (χ0v) is 13.9. The molecule has 0 saturated carbocycles. The number of benzene rings is 1. The molecule has 0 bridgehead atoms. The number of carboxylic acids is 1. The number of ether oxygens (including phenoxy) is 1. The molecule has 1 aromatic carbocycles. The topological polar surface area (TPSA) is 124 Å². The van der Waals surface area contributed by atoms with Gasteiger partial charge < -0.3 is 15.3 Å². The average Bonchev–Trinajstić information content (AvgIpc) is 2.66. The summed E-state index contributed by atoms with van der Waals surface area (Å²) in [6, 6.07) is 12.1. The summed E-state index contributed by atoms with van der Waals surface area (Å²) >= 11 is 0. The number of hydrogen-bond acceptors (Lipinski definition) is 7. The zero-order chi connectivity index (χ0) is 18.9. The van der Waals surface area contributed by atoms with Crippen molar-refractivity contribution < 1.29 is 19.4 Å². The highest BCUT2D eigenvalue weighted by Gasteiger charge is 2.22. The fourth-order valence-corrected chi connectivity index (χ4v) is 2.11. The Hall–Kier alpha value is -3.86. The fourth-order valence-electron chi connectivity index (χ4n) is 2.11. The van der Waals surface area contributed by atoms with Gasteiger partial charge in [-0.05, 0) is 25.1 Å². The molecule has 1 aromatic heterocycles. The Labute approximate surface area is 149 Å². The number of hydrogen-bond donors (Lipinski definition) is 3. The Morgan fingerprint density at radius 2 is 1.96 bits per heavy atom. The minimum absolute atomic E-state index is 0.0189. The highest BCUT2D eigenvalue weighted by atomic mass is 16.5. The number of anilines is 1. The number of carbonyl (C=O) groups excluding carboxylic acids is 1. The number of nitriles is 1. The van der Waals surface area contributed by atoms with Crippen molar-refractivity contribution >= 4 is 23.3 Å². The number of para-hydroxylation sites is 1. The van der Waals surface area contributed by atoms with Crippen molar-refractivity contribution in [1.82, 2.24) is 10.4 Å². The van der Waals surface area contributed by atoms with Gasteiger partial charge in [0.05, 0.1) is 23.6 Å². The third-order valence-corrected chi connectivity index (χ3v) is 3.27. The second-order valence-corrected chi connectivity index (χ2v) is 4.92. The number of rotatable bonds is 7. The van der Waals surface area contributed by atoms with Crippen LogP contribution in [0.2, 0.25) is 0 Å². The maximum atomic E-state index is 12.1. The number of carbonyl (C=O) groups is 2. The van der Waals surface area contributed by atoms with E-state index in [9.17, 15) is 20.0 Å². The number of nitrogens with zero attached hydrogens (tertiary/aromatic N) is 2. The summed E-state index contributed by atoms with van der Waals surface area (Å²) in [5, 5.41) is 18.8. The molecule has 8 heteroatoms. The normalized spacial score (nSPS) is 10.9. The molecule has 1 heterocycles. The number of aromatic nitrogens is 1. The number of carboxylic acid groups (broad SMARTS) is 1. The molecular formula is C18H16N4O4. The van der Waals surface area contributed by atoms with Crippen molar-refractivity contribution in [1.29, 1.82) is 5.26 Å². The average molecular weight is 352 g/mol. The highest BCUT2D eigenvalue weighted by Crippen LogP contribution is 2.21. The lowest BCUT2D eigenvalue weighted by molar-refractivity contribution is -0.137. The van der Waals surface area contributed by atoms with E-state index in [1.807, 2.05) is 6.07 Å². The van der Waals surface area contributed by atoms with Crippen LogP contribution in [0.5, 0.6) is 0 Å². The van der Waals surface area contributed by atoms with Crippen LogP contribution in [0.3, 0.4) is 0 Å². The Balaban J connectivity index is 2.53. The summed E-state index contributed by atoms with van der Waals surface area (Å²) in [5.74, 6) is -2.10. The Morgan fingerprint density at radius 3 is 2.58 bits per heavy atom. The van der Waals surface area contributed by atoms with Gasteiger partial charge >= 0.3 is 11.9 Å². The van der Waals surface area contributed by atoms with E-state index >= 15 is 0 Å². The third kappa shape index (κ3) is 4.36. The van der Waals surface area contributed by atoms with Gasteiger partial charge in [0.15, 0.2) is 5.57 Å². The first kappa shape index (κ1) is 18.5. The van der Waals surface area contributed by atoms with Crippen molar-refractivity contribution in [2.75, 3.05) is 12.0 Å². The van der Waals surface area contributed by atoms with E-state index in [2.05, 4.69) is 15.8 Å². The lowest BCUT2D eigenvalue weighted by atomic mass is 10.0. The summed E-state index contributed by atoms with van der Waals surface area (Å²) in [7, 11) is 0. The molecular weight excluding hydrogens is 336 g/mol. The molecule has 26 heavy (non-hydrogen) atoms. The maximum Gasteiger partial charge on any atom is 0.351 e. The first-order valence-corrected chi connectivity index (χ1v) is 7.64. The number of nitrogens with one attached hydrogen (secondary N) is 2. The summed E-state index contributed by atoms with van der Waals surface area (Å²) in [6.07, 6.45) is 2.51. The van der Waals surface area contributed by atoms with Crippen LogP contribution in [0.15, 0.2) is 54.4 Å². The van der Waals surface area contributed by atoms with Crippen molar-refractivity contribution in [2.45, 2.75) is 6.92 Å². The van der Waals surface area contributed by atoms with Crippen LogP contribution < -0.4 is 10.9 Å². The van der Waals surface area contributed by atoms with E-state index in [1.54, 1.807) is 37.3 Å². The van der Waals surface area contributed by atoms with Gasteiger partial charge in [-0.2, -0.15) is 5.26 Å². The molecule has 0 unspecified atom stereocenters. The quantitative estimate of drug-likeness (QED) is 0.300. The van der Waals surface area contributed by atoms with E-state index < -0.39 is 11.9 Å². The van der Waals surface area contributed by atoms with E-state index in [-0.39, 0.29) is 29.0 Å². The molecule has 0 spiro atoms. The van der Waals surface area contributed by atoms with E-state index in [4.69, 9.17) is 4.74 Å². The lowest BCUT2D eigenvalue weighted by Gasteiger charge is -2.16. The van der Waals surface area contributed by atoms with Crippen LogP contribution in [0, 0.1) is 11.3 Å². The van der Waals surface area contributed by atoms with Crippen molar-refractivity contribution in [3.63, 3.8) is 0 Å². The van der Waals surface area contributed by atoms with E-state index in [0.717, 1.165) is 6.20 Å². The number of pyridine rings is 1. The minimum atomic E-state index is -1.24. The first-order chi connectivity index (χ1) is 12.6. The van der Waals surface area contributed by atoms with Crippen LogP contribution in [-0.2, 0) is 9.53 Å². The molecule has 132 valence electrons. The molecule has 2 aromatic rings. The van der Waals surface area contributed by atoms with E-state index in [0.29, 0.717) is 5.69 Å². The molecule has 0 saturated heterocycles. The summed E-state index contributed by atoms with van der Waals surface area (Å²) in [6.45, 7) is 1.68. The molecule has 0 radical (unpaired) electrons. The summed E-state index contributed by atoms with van der Waals surface area (Å²) in [5.41, 5.74) is 5.83. The third-order valence-electron chi connectivity index (χ3n) is 3.27. The van der Waals surface area contributed by atoms with Crippen LogP contribution in [0.25, 0.3) is 5.70 Å². The molecule has 0 aliphatic heterocycles. The smallest absolute Gasteiger partial charge is 0.351 e. The van der Waals surface area contributed by atoms with Crippen LogP contribution in [-0.4, -0.2) is 28.6 Å². The molecule has 3 N–H and O–H groups in total. The van der Waals surface area contributed by atoms with Gasteiger partial charge in [-0.1, -0.05) is 18.2 Å². The predicted molar refractivity (Wildman–Crippen MR) is 93.6 cm³/mol. The largest absolute Gasteiger partial charge is 0.478 e. The van der Waals surface area contributed by atoms with Gasteiger partial charge in [0.25, 0.3) is 0 Å². The Kier molecular flexibility index (Phi) is 6.28. The Morgan fingerprint density at radius 1 is 1.23 bits per heavy atom. The van der Waals surface area contributed by atoms with Crippen LogP contribution in [0.1, 0.15) is 22.8 Å². The molecule has 0 aliphatic rings. The van der Waals surface area contributed by atoms with Crippen LogP contribution in [0.4, 0.5) is 5.69 Å². The van der Waals surface area contributed by atoms with Crippen molar-refractivity contribution in [3.05, 3.63) is 65.5 Å². The van der Waals surface area contributed by atoms with Crippen LogP contribution >= 0.6 is 0 Å². The molecule has 0 amide bonds. The summed E-state index contributed by atoms with van der Waals surface area (Å²) < 4.78 is 4.90. The lowest BCUT2D eigenvalue weighted by Crippen LogP contribution is -2.25. The fraction of sp³-hybridized carbons (Fsp3) is 0.111. The minimum Gasteiger partial charge on any atom is -0.478 e.